The van der Waals surface area contributed by atoms with E-state index in [2.05, 4.69) is 35.1 Å². The van der Waals surface area contributed by atoms with Crippen LogP contribution in [0.3, 0.4) is 0 Å². The number of ether oxygens (including phenoxy) is 12. The second-order valence-corrected chi connectivity index (χ2v) is 34.6. The van der Waals surface area contributed by atoms with E-state index in [1.54, 1.807) is 6.08 Å². The van der Waals surface area contributed by atoms with Gasteiger partial charge in [-0.25, -0.2) is 14.4 Å². The molecule has 0 spiro atoms. The third-order valence-corrected chi connectivity index (χ3v) is 24.3. The van der Waals surface area contributed by atoms with Crippen molar-refractivity contribution in [3.63, 3.8) is 0 Å². The second kappa shape index (κ2) is 55.0. The van der Waals surface area contributed by atoms with Crippen LogP contribution in [0.1, 0.15) is 208 Å². The summed E-state index contributed by atoms with van der Waals surface area (Å²) in [6.45, 7) is -0.684. The largest absolute Gasteiger partial charge is 0.477 e. The Morgan fingerprint density at radius 3 is 1.26 bits per heavy atom. The number of Topliss-reactive ketones (excluding diaryl/α,β-unsaturated/α-hetero) is 1. The number of aliphatic carboxylic acids is 3. The zero-order valence-corrected chi connectivity index (χ0v) is 74.5. The Balaban J connectivity index is 1.35. The van der Waals surface area contributed by atoms with Gasteiger partial charge in [0, 0.05) is 58.8 Å². The van der Waals surface area contributed by atoms with E-state index in [1.165, 1.54) is 44.6 Å². The van der Waals surface area contributed by atoms with Gasteiger partial charge < -0.3 is 195 Å². The fraction of sp³-hybridized carbons (Fsp3) is 0.881. The Bertz CT molecular complexity index is 3450. The van der Waals surface area contributed by atoms with Crippen molar-refractivity contribution in [2.24, 2.45) is 5.92 Å². The molecule has 6 aliphatic rings. The maximum Gasteiger partial charge on any atom is 0.364 e. The lowest BCUT2D eigenvalue weighted by molar-refractivity contribution is -0.404. The highest BCUT2D eigenvalue weighted by molar-refractivity contribution is 5.79. The highest BCUT2D eigenvalue weighted by atomic mass is 16.8. The van der Waals surface area contributed by atoms with E-state index in [0.717, 1.165) is 111 Å². The van der Waals surface area contributed by atoms with Crippen LogP contribution in [0.2, 0.25) is 0 Å². The molecule has 0 aromatic heterocycles. The van der Waals surface area contributed by atoms with Crippen molar-refractivity contribution < 1.29 is 208 Å². The third kappa shape index (κ3) is 31.2. The minimum absolute atomic E-state index is 0.0805. The van der Waals surface area contributed by atoms with Gasteiger partial charge in [0.15, 0.2) is 18.9 Å². The van der Waals surface area contributed by atoms with Crippen LogP contribution in [-0.2, 0) is 95.2 Å². The summed E-state index contributed by atoms with van der Waals surface area (Å²) in [5.41, 5.74) is 0. The number of allylic oxidation sites excluding steroid dienone is 1. The molecule has 46 heteroatoms. The fourth-order valence-corrected chi connectivity index (χ4v) is 17.2. The summed E-state index contributed by atoms with van der Waals surface area (Å²) >= 11 is 0. The summed E-state index contributed by atoms with van der Waals surface area (Å²) in [6.07, 6.45) is -41.9. The molecule has 0 radical (unpaired) electrons. The van der Waals surface area contributed by atoms with Crippen LogP contribution < -0.4 is 21.3 Å². The first kappa shape index (κ1) is 113. The maximum absolute atomic E-state index is 14.4. The van der Waals surface area contributed by atoms with Gasteiger partial charge in [-0.05, 0) is 26.2 Å². The summed E-state index contributed by atoms with van der Waals surface area (Å²) < 4.78 is 71.8. The summed E-state index contributed by atoms with van der Waals surface area (Å²) in [7, 11) is 0. The van der Waals surface area contributed by atoms with Crippen LogP contribution >= 0.6 is 0 Å². The molecular formula is C84H144N4O42. The van der Waals surface area contributed by atoms with Crippen molar-refractivity contribution >= 4 is 47.3 Å². The van der Waals surface area contributed by atoms with Gasteiger partial charge in [0.05, 0.1) is 101 Å². The summed E-state index contributed by atoms with van der Waals surface area (Å²) in [4.78, 5) is 106. The number of rotatable bonds is 58. The van der Waals surface area contributed by atoms with Crippen LogP contribution in [0.4, 0.5) is 0 Å². The molecule has 6 heterocycles. The number of unbranched alkanes of at least 4 members (excludes halogenated alkanes) is 19. The topological polar surface area (TPSA) is 741 Å². The summed E-state index contributed by atoms with van der Waals surface area (Å²) in [5, 5.41) is 260. The highest BCUT2D eigenvalue weighted by Crippen LogP contribution is 2.44. The number of carbonyl (C=O) groups is 8. The van der Waals surface area contributed by atoms with E-state index in [0.29, 0.717) is 12.8 Å². The number of aliphatic hydroxyl groups excluding tert-OH is 19. The molecule has 0 aliphatic carbocycles. The molecule has 35 atom stereocenters. The number of carbonyl (C=O) groups excluding carboxylic acids is 5. The Morgan fingerprint density at radius 1 is 0.438 bits per heavy atom. The summed E-state index contributed by atoms with van der Waals surface area (Å²) in [6, 6.07) is -7.28. The van der Waals surface area contributed by atoms with Crippen LogP contribution in [0, 0.1) is 5.92 Å². The predicted octanol–water partition coefficient (Wildman–Crippen LogP) is -5.77. The Kier molecular flexibility index (Phi) is 47.9. The lowest BCUT2D eigenvalue weighted by Gasteiger charge is -2.53. The van der Waals surface area contributed by atoms with Gasteiger partial charge in [-0.1, -0.05) is 142 Å². The minimum atomic E-state index is -3.71. The molecule has 46 nitrogen and oxygen atoms in total. The van der Waals surface area contributed by atoms with E-state index in [1.807, 2.05) is 0 Å². The van der Waals surface area contributed by atoms with Crippen LogP contribution in [0.25, 0.3) is 0 Å². The van der Waals surface area contributed by atoms with E-state index in [4.69, 9.17) is 56.8 Å². The number of hydrogen-bond acceptors (Lipinski definition) is 39. The van der Waals surface area contributed by atoms with Crippen molar-refractivity contribution in [1.82, 2.24) is 21.3 Å². The molecule has 0 bridgehead atoms. The molecule has 3 unspecified atom stereocenters. The highest BCUT2D eigenvalue weighted by Gasteiger charge is 2.65. The normalized spacial score (nSPS) is 35.0. The Hall–Kier alpha value is -5.54. The van der Waals surface area contributed by atoms with Crippen molar-refractivity contribution in [1.29, 1.82) is 0 Å². The predicted molar refractivity (Wildman–Crippen MR) is 442 cm³/mol. The standard InChI is InChI=1S/C84H144N4O42/c1-7-9-11-13-15-17-18-19-20-22-23-25-27-29-48(99)47(88-58(104)30-28-26-24-21-16-14-12-10-8-2)41-119-77-68(111)67(110)70(56(39-93)121-77)123-78-69(112)75(71(57(40-94)122-78)124-76-46(31-42(3)95)62(105)64(107)53(36-90)120-76)130-84(81(117)118)34-51(102)61(87-45(6)98)74(129-84)66(109)55(38-92)126-83(80(115)116)33-50(101)60(86-44(5)97)73(128-83)65(108)54(37-91)125-82(79(113)114)32-49(100)59(85-43(4)96)72(127-82)63(106)52(103)35-89/h27,29,46-57,59-78,89-94,99-103,105-112H,7-26,28,30-41H2,1-6H3,(H,85,96)(H,86,97)(H,87,98)(H,88,104)(H,113,114)(H,115,116)(H,117,118)/b29-27-/t46-,47+,48-,49+,50+,51+,52-,53-,54-,55-,56-,57-,59-,60-,61-,62-,63-,64+,65-,66-,67-,68-,69-,70-,71+,72?,73?,74?,75-,76+,77-,78+,82-,83-,84+/m1/s1. The molecule has 752 valence electrons. The van der Waals surface area contributed by atoms with Crippen molar-refractivity contribution in [3.8, 4) is 0 Å². The number of hydrogen-bond donors (Lipinski definition) is 26. The average Bonchev–Trinajstić information content (AvgIpc) is 0.739. The molecule has 4 amide bonds. The fourth-order valence-electron chi connectivity index (χ4n) is 17.2. The average molecular weight is 1880 g/mol. The lowest BCUT2D eigenvalue weighted by atomic mass is 9.86. The number of aliphatic hydroxyl groups is 19. The molecule has 0 aromatic rings. The Morgan fingerprint density at radius 2 is 0.838 bits per heavy atom. The second-order valence-electron chi connectivity index (χ2n) is 34.6. The zero-order valence-electron chi connectivity index (χ0n) is 74.5. The van der Waals surface area contributed by atoms with Gasteiger partial charge in [0.2, 0.25) is 23.6 Å². The molecule has 6 rings (SSSR count). The van der Waals surface area contributed by atoms with Crippen molar-refractivity contribution in [2.75, 3.05) is 46.2 Å². The van der Waals surface area contributed by atoms with E-state index in [9.17, 15) is 151 Å². The summed E-state index contributed by atoms with van der Waals surface area (Å²) in [5.74, 6) is -23.6. The maximum atomic E-state index is 14.4. The molecule has 0 aromatic carbocycles. The van der Waals surface area contributed by atoms with Gasteiger partial charge in [0.25, 0.3) is 17.4 Å². The molecule has 6 fully saturated rings. The number of amides is 4. The molecule has 130 heavy (non-hydrogen) atoms. The quantitative estimate of drug-likeness (QED) is 0.0199. The molecule has 6 aliphatic heterocycles. The molecular weight excluding hydrogens is 1740 g/mol. The van der Waals surface area contributed by atoms with Crippen LogP contribution in [0.15, 0.2) is 12.2 Å². The third-order valence-electron chi connectivity index (χ3n) is 24.3. The smallest absolute Gasteiger partial charge is 0.364 e. The number of carboxylic acids is 3. The van der Waals surface area contributed by atoms with Gasteiger partial charge in [0.1, 0.15) is 122 Å². The first-order valence-electron chi connectivity index (χ1n) is 45.1. The first-order valence-corrected chi connectivity index (χ1v) is 45.1. The molecule has 26 N–H and O–H groups in total. The monoisotopic (exact) mass is 1880 g/mol. The minimum Gasteiger partial charge on any atom is -0.477 e. The van der Waals surface area contributed by atoms with Crippen molar-refractivity contribution in [3.05, 3.63) is 12.2 Å². The SMILES string of the molecule is CCCCCCCCCCCCC/C=C\[C@@H](O)[C@H](CO[C@@H]1O[C@H](CO)[C@@H](O[C@@H]2O[C@H](CO)[C@H](O[C@@H]3O[C@H](CO)[C@H](O)[C@H](O)[C@H]3CC(C)=O)[C@H](O[C@]3(C(=O)O)C[C@H](O)[C@@H](NC(C)=O)C([C@H](O)[C@@H](CO)O[C@]4(C(=O)O)C[C@H](O)[C@@H](NC(C)=O)C([C@H](O)[C@@H](CO)O[C@]5(C(=O)O)C[C@H](O)[C@@H](NC(C)=O)C([C@H](O)[C@H](O)CO)O5)O4)O3)[C@H]2O)[C@H](O)[C@H]1O)NC(=O)CCCCCCCCCCC. The van der Waals surface area contributed by atoms with E-state index in [-0.39, 0.29) is 6.42 Å². The van der Waals surface area contributed by atoms with Gasteiger partial charge in [-0.15, -0.1) is 0 Å². The van der Waals surface area contributed by atoms with E-state index < -0.39 is 332 Å². The first-order chi connectivity index (χ1) is 61.6. The molecule has 0 saturated carbocycles. The van der Waals surface area contributed by atoms with E-state index >= 15 is 0 Å². The number of carboxylic acid groups (broad SMARTS) is 3. The number of nitrogens with one attached hydrogen (secondary N) is 4. The van der Waals surface area contributed by atoms with Gasteiger partial charge >= 0.3 is 17.9 Å². The lowest BCUT2D eigenvalue weighted by Crippen LogP contribution is -2.72. The van der Waals surface area contributed by atoms with Crippen LogP contribution in [0.5, 0.6) is 0 Å². The van der Waals surface area contributed by atoms with Gasteiger partial charge in [-0.3, -0.25) is 19.2 Å². The van der Waals surface area contributed by atoms with Gasteiger partial charge in [-0.2, -0.15) is 0 Å². The Labute approximate surface area is 753 Å². The number of ketones is 1. The van der Waals surface area contributed by atoms with Crippen molar-refractivity contribution in [2.45, 2.75) is 415 Å². The van der Waals surface area contributed by atoms with Crippen LogP contribution in [-0.4, -0.2) is 413 Å². The molecule has 6 saturated heterocycles. The zero-order chi connectivity index (χ0) is 96.7.